The molecule has 0 unspecified atom stereocenters. The normalized spacial score (nSPS) is 14.5. The summed E-state index contributed by atoms with van der Waals surface area (Å²) in [6, 6.07) is 0.187. The van der Waals surface area contributed by atoms with Gasteiger partial charge < -0.3 is 19.5 Å². The molecule has 28 heavy (non-hydrogen) atoms. The Kier molecular flexibility index (Phi) is 4.99. The Bertz CT molecular complexity index is 1000. The minimum atomic E-state index is 0.0773. The number of hydrogen-bond acceptors (Lipinski definition) is 7. The molecule has 0 spiro atoms. The van der Waals surface area contributed by atoms with Crippen molar-refractivity contribution in [3.05, 3.63) is 29.4 Å². The molecule has 10 heteroatoms. The lowest BCUT2D eigenvalue weighted by Gasteiger charge is -2.35. The summed E-state index contributed by atoms with van der Waals surface area (Å²) in [7, 11) is 0. The highest BCUT2D eigenvalue weighted by Crippen LogP contribution is 2.36. The number of anilines is 1. The average molecular weight is 402 g/mol. The summed E-state index contributed by atoms with van der Waals surface area (Å²) in [5.41, 5.74) is 1.52. The van der Waals surface area contributed by atoms with Gasteiger partial charge in [0.25, 0.3) is 0 Å². The molecule has 0 aliphatic carbocycles. The van der Waals surface area contributed by atoms with Gasteiger partial charge in [0.1, 0.15) is 17.8 Å². The highest BCUT2D eigenvalue weighted by atomic mass is 35.5. The van der Waals surface area contributed by atoms with E-state index >= 15 is 0 Å². The predicted octanol–water partition coefficient (Wildman–Crippen LogP) is 2.42. The largest absolute Gasteiger partial charge is 0.421 e. The number of H-pyrrole nitrogens is 1. The van der Waals surface area contributed by atoms with Crippen LogP contribution >= 0.6 is 11.6 Å². The van der Waals surface area contributed by atoms with Crippen LogP contribution in [0.4, 0.5) is 5.82 Å². The van der Waals surface area contributed by atoms with Crippen molar-refractivity contribution in [1.82, 2.24) is 29.8 Å². The predicted molar refractivity (Wildman–Crippen MR) is 105 cm³/mol. The van der Waals surface area contributed by atoms with Crippen LogP contribution in [-0.4, -0.2) is 61.9 Å². The first-order valence-electron chi connectivity index (χ1n) is 9.08. The maximum absolute atomic E-state index is 11.6. The molecule has 9 nitrogen and oxygen atoms in total. The van der Waals surface area contributed by atoms with Crippen LogP contribution in [0, 0.1) is 0 Å². The van der Waals surface area contributed by atoms with Crippen LogP contribution in [0.2, 0.25) is 5.02 Å². The number of nitrogens with one attached hydrogen (secondary N) is 1. The summed E-state index contributed by atoms with van der Waals surface area (Å²) < 4.78 is 5.76. The van der Waals surface area contributed by atoms with Gasteiger partial charge in [-0.05, 0) is 6.42 Å². The molecule has 3 aromatic heterocycles. The number of nitrogens with zero attached hydrogens (tertiary/aromatic N) is 6. The lowest BCUT2D eigenvalue weighted by molar-refractivity contribution is -0.129. The summed E-state index contributed by atoms with van der Waals surface area (Å²) in [5.74, 6) is 1.22. The Hall–Kier alpha value is -2.94. The van der Waals surface area contributed by atoms with Gasteiger partial charge in [0.15, 0.2) is 5.75 Å². The second kappa shape index (κ2) is 7.59. The van der Waals surface area contributed by atoms with Crippen LogP contribution in [0.1, 0.15) is 19.5 Å². The van der Waals surface area contributed by atoms with Crippen molar-refractivity contribution < 1.29 is 9.53 Å². The van der Waals surface area contributed by atoms with Crippen molar-refractivity contribution in [1.29, 1.82) is 0 Å². The lowest BCUT2D eigenvalue weighted by atomic mass is 10.2. The van der Waals surface area contributed by atoms with Crippen molar-refractivity contribution in [2.24, 2.45) is 0 Å². The van der Waals surface area contributed by atoms with Crippen molar-refractivity contribution in [3.63, 3.8) is 0 Å². The Labute approximate surface area is 166 Å². The second-order valence-corrected chi connectivity index (χ2v) is 6.87. The third kappa shape index (κ3) is 3.45. The van der Waals surface area contributed by atoms with Crippen LogP contribution in [0.25, 0.3) is 11.0 Å². The van der Waals surface area contributed by atoms with E-state index in [-0.39, 0.29) is 11.9 Å². The van der Waals surface area contributed by atoms with E-state index in [1.165, 1.54) is 6.33 Å². The van der Waals surface area contributed by atoms with E-state index < -0.39 is 0 Å². The van der Waals surface area contributed by atoms with Gasteiger partial charge in [0, 0.05) is 38.8 Å². The van der Waals surface area contributed by atoms with Gasteiger partial charge in [-0.25, -0.2) is 9.97 Å². The Morgan fingerprint density at radius 1 is 1.21 bits per heavy atom. The number of hydrogen-bond donors (Lipinski definition) is 1. The average Bonchev–Trinajstić information content (AvgIpc) is 3.04. The molecular weight excluding hydrogens is 382 g/mol. The molecule has 1 aliphatic rings. The smallest absolute Gasteiger partial charge is 0.326 e. The molecule has 0 saturated carbocycles. The number of fused-ring (bicyclic) bond motifs is 1. The number of ether oxygens (including phenoxy) is 1. The van der Waals surface area contributed by atoms with E-state index in [4.69, 9.17) is 16.3 Å². The fourth-order valence-corrected chi connectivity index (χ4v) is 3.62. The first-order valence-corrected chi connectivity index (χ1v) is 9.46. The molecule has 146 valence electrons. The number of amides is 1. The van der Waals surface area contributed by atoms with Crippen molar-refractivity contribution in [3.8, 4) is 11.8 Å². The molecule has 0 atom stereocenters. The van der Waals surface area contributed by atoms with E-state index in [9.17, 15) is 4.79 Å². The topological polar surface area (TPSA) is 100 Å². The molecule has 4 rings (SSSR count). The standard InChI is InChI=1S/C18H20ClN7O2/c1-3-13-15(19)14-16(22-13)23-18(28-12-8-20-10-21-9-12)24-17(14)26-6-4-25(5-7-26)11(2)27/h8-10H,3-7H2,1-2H3,(H,22,23,24). The minimum absolute atomic E-state index is 0.0773. The van der Waals surface area contributed by atoms with Gasteiger partial charge in [-0.3, -0.25) is 4.79 Å². The van der Waals surface area contributed by atoms with Gasteiger partial charge in [-0.2, -0.15) is 9.97 Å². The number of halogens is 1. The zero-order valence-corrected chi connectivity index (χ0v) is 16.4. The monoisotopic (exact) mass is 401 g/mol. The quantitative estimate of drug-likeness (QED) is 0.716. The summed E-state index contributed by atoms with van der Waals surface area (Å²) in [6.45, 7) is 6.18. The third-order valence-corrected chi connectivity index (χ3v) is 5.16. The lowest BCUT2D eigenvalue weighted by Crippen LogP contribution is -2.48. The van der Waals surface area contributed by atoms with Gasteiger partial charge in [-0.1, -0.05) is 18.5 Å². The van der Waals surface area contributed by atoms with Crippen LogP contribution in [0.3, 0.4) is 0 Å². The molecular formula is C18H20ClN7O2. The number of piperazine rings is 1. The molecule has 1 fully saturated rings. The fourth-order valence-electron chi connectivity index (χ4n) is 3.26. The molecule has 4 heterocycles. The molecule has 1 aliphatic heterocycles. The Morgan fingerprint density at radius 3 is 2.57 bits per heavy atom. The third-order valence-electron chi connectivity index (χ3n) is 4.75. The Morgan fingerprint density at radius 2 is 1.93 bits per heavy atom. The fraction of sp³-hybridized carbons (Fsp3) is 0.389. The maximum Gasteiger partial charge on any atom is 0.326 e. The Balaban J connectivity index is 1.74. The summed E-state index contributed by atoms with van der Waals surface area (Å²) in [5, 5.41) is 1.39. The SMILES string of the molecule is CCc1[nH]c2nc(Oc3cncnc3)nc(N3CCN(C(C)=O)CC3)c2c1Cl. The molecule has 0 aromatic carbocycles. The van der Waals surface area contributed by atoms with E-state index in [2.05, 4.69) is 29.8 Å². The van der Waals surface area contributed by atoms with Gasteiger partial charge in [-0.15, -0.1) is 0 Å². The van der Waals surface area contributed by atoms with E-state index in [1.54, 1.807) is 19.3 Å². The molecule has 1 saturated heterocycles. The molecule has 0 bridgehead atoms. The van der Waals surface area contributed by atoms with E-state index in [0.717, 1.165) is 17.5 Å². The molecule has 1 N–H and O–H groups in total. The van der Waals surface area contributed by atoms with Gasteiger partial charge in [0.05, 0.1) is 22.8 Å². The van der Waals surface area contributed by atoms with Gasteiger partial charge in [0.2, 0.25) is 5.91 Å². The first kappa shape index (κ1) is 18.4. The van der Waals surface area contributed by atoms with Crippen molar-refractivity contribution >= 4 is 34.4 Å². The first-order chi connectivity index (χ1) is 13.6. The number of aromatic amines is 1. The minimum Gasteiger partial charge on any atom is -0.421 e. The molecule has 3 aromatic rings. The maximum atomic E-state index is 11.6. The summed E-state index contributed by atoms with van der Waals surface area (Å²) >= 11 is 6.61. The summed E-state index contributed by atoms with van der Waals surface area (Å²) in [4.78, 5) is 35.8. The zero-order valence-electron chi connectivity index (χ0n) is 15.6. The number of carbonyl (C=O) groups is 1. The molecule has 1 amide bonds. The number of aromatic nitrogens is 5. The van der Waals surface area contributed by atoms with Crippen LogP contribution in [0.15, 0.2) is 18.7 Å². The summed E-state index contributed by atoms with van der Waals surface area (Å²) in [6.07, 6.45) is 5.26. The highest BCUT2D eigenvalue weighted by molar-refractivity contribution is 6.37. The van der Waals surface area contributed by atoms with E-state index in [1.807, 2.05) is 11.8 Å². The molecule has 0 radical (unpaired) electrons. The van der Waals surface area contributed by atoms with Crippen molar-refractivity contribution in [2.75, 3.05) is 31.1 Å². The second-order valence-electron chi connectivity index (χ2n) is 6.49. The zero-order chi connectivity index (χ0) is 19.7. The van der Waals surface area contributed by atoms with Crippen LogP contribution in [-0.2, 0) is 11.2 Å². The number of carbonyl (C=O) groups excluding carboxylic acids is 1. The van der Waals surface area contributed by atoms with Crippen LogP contribution < -0.4 is 9.64 Å². The van der Waals surface area contributed by atoms with Gasteiger partial charge >= 0.3 is 6.01 Å². The van der Waals surface area contributed by atoms with Crippen LogP contribution in [0.5, 0.6) is 11.8 Å². The van der Waals surface area contributed by atoms with Crippen molar-refractivity contribution in [2.45, 2.75) is 20.3 Å². The number of rotatable bonds is 4. The number of aryl methyl sites for hydroxylation is 1. The highest BCUT2D eigenvalue weighted by Gasteiger charge is 2.25. The van der Waals surface area contributed by atoms with E-state index in [0.29, 0.717) is 48.4 Å².